The Morgan fingerprint density at radius 1 is 1.17 bits per heavy atom. The molecule has 1 saturated heterocycles. The summed E-state index contributed by atoms with van der Waals surface area (Å²) in [6.07, 6.45) is 3.55. The van der Waals surface area contributed by atoms with Crippen LogP contribution in [0.4, 0.5) is 5.82 Å². The fourth-order valence-corrected chi connectivity index (χ4v) is 3.45. The van der Waals surface area contributed by atoms with Crippen LogP contribution < -0.4 is 4.90 Å². The van der Waals surface area contributed by atoms with E-state index in [1.165, 1.54) is 0 Å². The molecule has 3 heterocycles. The smallest absolute Gasteiger partial charge is 0.226 e. The van der Waals surface area contributed by atoms with Crippen LogP contribution >= 0.6 is 0 Å². The van der Waals surface area contributed by atoms with E-state index in [1.54, 1.807) is 6.26 Å². The third-order valence-electron chi connectivity index (χ3n) is 4.93. The minimum Gasteiger partial charge on any atom is -0.469 e. The van der Waals surface area contributed by atoms with Crippen molar-refractivity contribution in [3.63, 3.8) is 0 Å². The molecule has 2 aromatic heterocycles. The van der Waals surface area contributed by atoms with E-state index in [0.717, 1.165) is 56.3 Å². The van der Waals surface area contributed by atoms with Crippen molar-refractivity contribution in [2.24, 2.45) is 5.92 Å². The Balaban J connectivity index is 1.36. The molecule has 24 heavy (non-hydrogen) atoms. The summed E-state index contributed by atoms with van der Waals surface area (Å²) in [5.74, 6) is 2.49. The number of aromatic nitrogens is 2. The van der Waals surface area contributed by atoms with Crippen LogP contribution in [0.1, 0.15) is 30.2 Å². The number of anilines is 1. The van der Waals surface area contributed by atoms with Crippen LogP contribution in [0.25, 0.3) is 0 Å². The van der Waals surface area contributed by atoms with Gasteiger partial charge in [0.05, 0.1) is 12.0 Å². The molecule has 0 N–H and O–H groups in total. The normalized spacial score (nSPS) is 23.9. The van der Waals surface area contributed by atoms with E-state index in [4.69, 9.17) is 4.42 Å². The number of carbonyl (C=O) groups is 1. The zero-order valence-electron chi connectivity index (χ0n) is 13.9. The second kappa shape index (κ2) is 6.26. The first-order chi connectivity index (χ1) is 11.7. The van der Waals surface area contributed by atoms with Gasteiger partial charge in [-0.1, -0.05) is 0 Å². The van der Waals surface area contributed by atoms with E-state index in [2.05, 4.69) is 15.1 Å². The van der Waals surface area contributed by atoms with E-state index < -0.39 is 0 Å². The van der Waals surface area contributed by atoms with Crippen molar-refractivity contribution < 1.29 is 9.21 Å². The average molecular weight is 326 g/mol. The maximum Gasteiger partial charge on any atom is 0.226 e. The van der Waals surface area contributed by atoms with Gasteiger partial charge in [-0.2, -0.15) is 5.10 Å². The van der Waals surface area contributed by atoms with Gasteiger partial charge in [-0.25, -0.2) is 0 Å². The Bertz CT molecular complexity index is 698. The van der Waals surface area contributed by atoms with Gasteiger partial charge in [-0.15, -0.1) is 5.10 Å². The van der Waals surface area contributed by atoms with Gasteiger partial charge >= 0.3 is 0 Å². The van der Waals surface area contributed by atoms with E-state index >= 15 is 0 Å². The second-order valence-electron chi connectivity index (χ2n) is 6.66. The predicted molar refractivity (Wildman–Crippen MR) is 89.7 cm³/mol. The summed E-state index contributed by atoms with van der Waals surface area (Å²) in [5, 5.41) is 8.40. The number of amides is 1. The minimum atomic E-state index is 0.0990. The molecule has 0 aromatic carbocycles. The largest absolute Gasteiger partial charge is 0.469 e. The van der Waals surface area contributed by atoms with Crippen molar-refractivity contribution in [1.29, 1.82) is 0 Å². The molecule has 4 rings (SSSR count). The van der Waals surface area contributed by atoms with E-state index in [9.17, 15) is 4.79 Å². The monoisotopic (exact) mass is 326 g/mol. The van der Waals surface area contributed by atoms with Gasteiger partial charge in [-0.05, 0) is 44.0 Å². The molecule has 1 saturated carbocycles. The topological polar surface area (TPSA) is 62.5 Å². The molecule has 2 aliphatic rings. The fourth-order valence-electron chi connectivity index (χ4n) is 3.45. The maximum absolute atomic E-state index is 12.7. The first kappa shape index (κ1) is 15.2. The highest BCUT2D eigenvalue weighted by Gasteiger charge is 2.47. The van der Waals surface area contributed by atoms with Gasteiger partial charge in [-0.3, -0.25) is 4.79 Å². The Hall–Kier alpha value is -2.37. The van der Waals surface area contributed by atoms with Crippen molar-refractivity contribution in [3.8, 4) is 0 Å². The lowest BCUT2D eigenvalue weighted by Crippen LogP contribution is -2.36. The van der Waals surface area contributed by atoms with Gasteiger partial charge in [0.15, 0.2) is 5.82 Å². The Morgan fingerprint density at radius 2 is 2.08 bits per heavy atom. The molecule has 2 atom stereocenters. The number of hydrogen-bond donors (Lipinski definition) is 0. The number of carbonyl (C=O) groups excluding carboxylic acids is 1. The minimum absolute atomic E-state index is 0.0990. The zero-order chi connectivity index (χ0) is 16.5. The molecule has 2 fully saturated rings. The molecule has 0 unspecified atom stereocenters. The lowest BCUT2D eigenvalue weighted by molar-refractivity contribution is -0.132. The van der Waals surface area contributed by atoms with Gasteiger partial charge in [0, 0.05) is 38.0 Å². The third kappa shape index (κ3) is 3.00. The molecule has 1 aliphatic heterocycles. The van der Waals surface area contributed by atoms with Crippen LogP contribution in [-0.4, -0.2) is 47.2 Å². The summed E-state index contributed by atoms with van der Waals surface area (Å²) in [4.78, 5) is 17.0. The summed E-state index contributed by atoms with van der Waals surface area (Å²) in [5.41, 5.74) is 0.920. The molecule has 6 nitrogen and oxygen atoms in total. The zero-order valence-corrected chi connectivity index (χ0v) is 13.9. The van der Waals surface area contributed by atoms with Crippen LogP contribution in [0.15, 0.2) is 34.9 Å². The quantitative estimate of drug-likeness (QED) is 0.865. The van der Waals surface area contributed by atoms with Crippen molar-refractivity contribution in [3.05, 3.63) is 42.0 Å². The number of nitrogens with zero attached hydrogens (tertiary/aromatic N) is 4. The van der Waals surface area contributed by atoms with E-state index in [0.29, 0.717) is 0 Å². The van der Waals surface area contributed by atoms with Crippen LogP contribution in [0.3, 0.4) is 0 Å². The molecule has 6 heteroatoms. The van der Waals surface area contributed by atoms with Crippen molar-refractivity contribution in [1.82, 2.24) is 15.1 Å². The highest BCUT2D eigenvalue weighted by molar-refractivity contribution is 5.83. The molecule has 2 aromatic rings. The summed E-state index contributed by atoms with van der Waals surface area (Å²) < 4.78 is 5.44. The van der Waals surface area contributed by atoms with Crippen LogP contribution in [0.5, 0.6) is 0 Å². The standard InChI is InChI=1S/C18H22N4O2/c1-13-5-6-17(20-19-13)21-7-3-8-22(10-9-21)18(23)15-12-14(15)16-4-2-11-24-16/h2,4-6,11,14-15H,3,7-10,12H2,1H3/t14-,15-/m0/s1. The molecular formula is C18H22N4O2. The maximum atomic E-state index is 12.7. The Morgan fingerprint density at radius 3 is 2.83 bits per heavy atom. The van der Waals surface area contributed by atoms with Crippen molar-refractivity contribution in [2.75, 3.05) is 31.1 Å². The summed E-state index contributed by atoms with van der Waals surface area (Å²) in [7, 11) is 0. The molecule has 126 valence electrons. The molecule has 0 radical (unpaired) electrons. The Labute approximate surface area is 141 Å². The van der Waals surface area contributed by atoms with E-state index in [-0.39, 0.29) is 17.7 Å². The summed E-state index contributed by atoms with van der Waals surface area (Å²) >= 11 is 0. The van der Waals surface area contributed by atoms with Crippen LogP contribution in [-0.2, 0) is 4.79 Å². The summed E-state index contributed by atoms with van der Waals surface area (Å²) in [6.45, 7) is 5.21. The number of rotatable bonds is 3. The fraction of sp³-hybridized carbons (Fsp3) is 0.500. The van der Waals surface area contributed by atoms with Crippen molar-refractivity contribution >= 4 is 11.7 Å². The van der Waals surface area contributed by atoms with Crippen molar-refractivity contribution in [2.45, 2.75) is 25.7 Å². The number of aryl methyl sites for hydroxylation is 1. The predicted octanol–water partition coefficient (Wildman–Crippen LogP) is 2.22. The molecule has 1 amide bonds. The van der Waals surface area contributed by atoms with Gasteiger partial charge in [0.1, 0.15) is 5.76 Å². The SMILES string of the molecule is Cc1ccc(N2CCCN(C(=O)[C@H]3C[C@@H]3c3ccco3)CC2)nn1. The van der Waals surface area contributed by atoms with E-state index in [1.807, 2.05) is 36.1 Å². The molecular weight excluding hydrogens is 304 g/mol. The van der Waals surface area contributed by atoms with Gasteiger partial charge in [0.25, 0.3) is 0 Å². The lowest BCUT2D eigenvalue weighted by atomic mass is 10.2. The highest BCUT2D eigenvalue weighted by atomic mass is 16.3. The lowest BCUT2D eigenvalue weighted by Gasteiger charge is -2.22. The summed E-state index contributed by atoms with van der Waals surface area (Å²) in [6, 6.07) is 7.85. The average Bonchev–Trinajstić information content (AvgIpc) is 3.29. The van der Waals surface area contributed by atoms with Crippen LogP contribution in [0, 0.1) is 12.8 Å². The molecule has 0 spiro atoms. The van der Waals surface area contributed by atoms with Gasteiger partial charge in [0.2, 0.25) is 5.91 Å². The first-order valence-corrected chi connectivity index (χ1v) is 8.60. The number of furan rings is 1. The Kier molecular flexibility index (Phi) is 3.96. The third-order valence-corrected chi connectivity index (χ3v) is 4.93. The van der Waals surface area contributed by atoms with Gasteiger partial charge < -0.3 is 14.2 Å². The number of hydrogen-bond acceptors (Lipinski definition) is 5. The highest BCUT2D eigenvalue weighted by Crippen LogP contribution is 2.48. The first-order valence-electron chi connectivity index (χ1n) is 8.60. The second-order valence-corrected chi connectivity index (χ2v) is 6.66. The molecule has 1 aliphatic carbocycles. The molecule has 0 bridgehead atoms. The van der Waals surface area contributed by atoms with Crippen LogP contribution in [0.2, 0.25) is 0 Å².